The Morgan fingerprint density at radius 2 is 1.88 bits per heavy atom. The van der Waals surface area contributed by atoms with Crippen LogP contribution in [0.1, 0.15) is 49.7 Å². The van der Waals surface area contributed by atoms with Crippen molar-refractivity contribution in [2.75, 3.05) is 0 Å². The number of allylic oxidation sites excluding steroid dienone is 2. The summed E-state index contributed by atoms with van der Waals surface area (Å²) in [6.45, 7) is 5.86. The summed E-state index contributed by atoms with van der Waals surface area (Å²) < 4.78 is 13.8. The third kappa shape index (κ3) is 3.64. The first-order chi connectivity index (χ1) is 12.6. The minimum Gasteiger partial charge on any atom is -0.351 e. The van der Waals surface area contributed by atoms with Crippen LogP contribution in [0.15, 0.2) is 48.0 Å². The summed E-state index contributed by atoms with van der Waals surface area (Å²) in [4.78, 5) is 15.7. The van der Waals surface area contributed by atoms with Gasteiger partial charge in [0.15, 0.2) is 0 Å². The minimum absolute atomic E-state index is 0.150. The van der Waals surface area contributed by atoms with E-state index in [1.807, 2.05) is 57.2 Å². The number of carbonyl (C=O) groups excluding carboxylic acids is 1. The van der Waals surface area contributed by atoms with Gasteiger partial charge in [0.25, 0.3) is 5.91 Å². The molecule has 0 saturated heterocycles. The Labute approximate surface area is 153 Å². The van der Waals surface area contributed by atoms with Crippen molar-refractivity contribution < 1.29 is 9.18 Å². The molecule has 3 nitrogen and oxygen atoms in total. The Bertz CT molecular complexity index is 936. The van der Waals surface area contributed by atoms with Crippen molar-refractivity contribution in [3.63, 3.8) is 0 Å². The van der Waals surface area contributed by atoms with Gasteiger partial charge in [0.05, 0.1) is 5.54 Å². The first-order valence-corrected chi connectivity index (χ1v) is 9.19. The summed E-state index contributed by atoms with van der Waals surface area (Å²) in [6.07, 6.45) is 5.69. The van der Waals surface area contributed by atoms with Crippen molar-refractivity contribution in [3.05, 3.63) is 69.9 Å². The van der Waals surface area contributed by atoms with Crippen molar-refractivity contribution in [2.45, 2.75) is 45.3 Å². The Morgan fingerprint density at radius 1 is 1.19 bits per heavy atom. The van der Waals surface area contributed by atoms with E-state index in [1.165, 1.54) is 6.08 Å². The van der Waals surface area contributed by atoms with Gasteiger partial charge in [-0.3, -0.25) is 4.79 Å². The van der Waals surface area contributed by atoms with Crippen LogP contribution in [0.2, 0.25) is 0 Å². The van der Waals surface area contributed by atoms with Gasteiger partial charge in [0.1, 0.15) is 11.9 Å². The van der Waals surface area contributed by atoms with E-state index in [9.17, 15) is 9.18 Å². The normalized spacial score (nSPS) is 19.4. The predicted octanol–water partition coefficient (Wildman–Crippen LogP) is 3.32. The number of benzene rings is 1. The van der Waals surface area contributed by atoms with Crippen LogP contribution in [0.25, 0.3) is 12.2 Å². The molecule has 0 bridgehead atoms. The van der Waals surface area contributed by atoms with Crippen LogP contribution in [0, 0.1) is 0 Å². The average molecular weight is 352 g/mol. The fourth-order valence-corrected chi connectivity index (χ4v) is 3.27. The summed E-state index contributed by atoms with van der Waals surface area (Å²) in [5.41, 5.74) is 2.20. The molecule has 0 radical (unpaired) electrons. The summed E-state index contributed by atoms with van der Waals surface area (Å²) in [5.74, 6) is -0.150. The lowest BCUT2D eigenvalue weighted by Crippen LogP contribution is -2.35. The number of hydrogen-bond acceptors (Lipinski definition) is 1. The van der Waals surface area contributed by atoms with E-state index in [-0.39, 0.29) is 11.4 Å². The standard InChI is InChI=1S/C20H19FN2O.C2H6/c1-13-9-14-11-18(22-17(14)12-16(21)10-13)19(24)23-20(7-8-20)15-5-3-2-4-6-15;1-2/h2-6,9-12,16,22H,7-8H2,1H3,(H,23,24);1-2H3. The Hall–Kier alpha value is -2.62. The second-order valence-corrected chi connectivity index (χ2v) is 6.62. The zero-order valence-corrected chi connectivity index (χ0v) is 15.5. The highest BCUT2D eigenvalue weighted by Gasteiger charge is 2.45. The summed E-state index contributed by atoms with van der Waals surface area (Å²) >= 11 is 0. The Kier molecular flexibility index (Phi) is 5.12. The first-order valence-electron chi connectivity index (χ1n) is 9.19. The Balaban J connectivity index is 0.000000948. The molecule has 1 atom stereocenters. The van der Waals surface area contributed by atoms with Gasteiger partial charge in [-0.15, -0.1) is 0 Å². The van der Waals surface area contributed by atoms with Gasteiger partial charge in [-0.05, 0) is 43.5 Å². The lowest BCUT2D eigenvalue weighted by molar-refractivity contribution is 0.0926. The molecule has 0 spiro atoms. The predicted molar refractivity (Wildman–Crippen MR) is 104 cm³/mol. The molecule has 2 aromatic rings. The third-order valence-corrected chi connectivity index (χ3v) is 4.69. The van der Waals surface area contributed by atoms with Crippen molar-refractivity contribution in [1.82, 2.24) is 10.3 Å². The van der Waals surface area contributed by atoms with Crippen LogP contribution in [0.5, 0.6) is 0 Å². The molecule has 1 unspecified atom stereocenters. The average Bonchev–Trinajstić information content (AvgIpc) is 3.35. The van der Waals surface area contributed by atoms with Gasteiger partial charge in [-0.1, -0.05) is 55.8 Å². The highest BCUT2D eigenvalue weighted by atomic mass is 19.1. The number of aromatic nitrogens is 1. The summed E-state index contributed by atoms with van der Waals surface area (Å²) in [7, 11) is 0. The van der Waals surface area contributed by atoms with Gasteiger partial charge in [0, 0.05) is 10.6 Å². The molecular formula is C22H25FN2O. The number of nitrogens with one attached hydrogen (secondary N) is 2. The number of H-pyrrole nitrogens is 1. The lowest BCUT2D eigenvalue weighted by Gasteiger charge is -2.17. The molecule has 4 rings (SSSR count). The highest BCUT2D eigenvalue weighted by Crippen LogP contribution is 2.45. The number of rotatable bonds is 3. The number of alkyl halides is 1. The van der Waals surface area contributed by atoms with Crippen molar-refractivity contribution in [2.24, 2.45) is 0 Å². The second-order valence-electron chi connectivity index (χ2n) is 6.62. The minimum atomic E-state index is -1.14. The van der Waals surface area contributed by atoms with E-state index in [0.717, 1.165) is 29.2 Å². The third-order valence-electron chi connectivity index (χ3n) is 4.69. The zero-order valence-electron chi connectivity index (χ0n) is 15.5. The maximum atomic E-state index is 13.8. The molecule has 1 aromatic carbocycles. The van der Waals surface area contributed by atoms with E-state index >= 15 is 0 Å². The van der Waals surface area contributed by atoms with E-state index in [0.29, 0.717) is 11.0 Å². The second kappa shape index (κ2) is 7.32. The van der Waals surface area contributed by atoms with Gasteiger partial charge >= 0.3 is 0 Å². The van der Waals surface area contributed by atoms with Crippen LogP contribution in [-0.2, 0) is 5.54 Å². The molecule has 1 heterocycles. The quantitative estimate of drug-likeness (QED) is 0.874. The fraction of sp³-hybridized carbons (Fsp3) is 0.318. The van der Waals surface area contributed by atoms with Crippen molar-refractivity contribution in [3.8, 4) is 0 Å². The fourth-order valence-electron chi connectivity index (χ4n) is 3.27. The Morgan fingerprint density at radius 3 is 2.54 bits per heavy atom. The monoisotopic (exact) mass is 352 g/mol. The molecule has 1 saturated carbocycles. The van der Waals surface area contributed by atoms with E-state index < -0.39 is 6.17 Å². The maximum absolute atomic E-state index is 13.8. The van der Waals surface area contributed by atoms with E-state index in [1.54, 1.807) is 12.1 Å². The molecule has 136 valence electrons. The molecule has 0 aliphatic heterocycles. The van der Waals surface area contributed by atoms with Gasteiger partial charge in [-0.2, -0.15) is 0 Å². The molecule has 2 aliphatic rings. The van der Waals surface area contributed by atoms with Crippen LogP contribution < -0.4 is 15.9 Å². The zero-order chi connectivity index (χ0) is 18.7. The van der Waals surface area contributed by atoms with Crippen LogP contribution >= 0.6 is 0 Å². The topological polar surface area (TPSA) is 44.9 Å². The van der Waals surface area contributed by atoms with Crippen LogP contribution in [0.3, 0.4) is 0 Å². The molecule has 26 heavy (non-hydrogen) atoms. The first kappa shape index (κ1) is 18.2. The molecular weight excluding hydrogens is 327 g/mol. The smallest absolute Gasteiger partial charge is 0.268 e. The molecule has 4 heteroatoms. The van der Waals surface area contributed by atoms with Gasteiger partial charge in [-0.25, -0.2) is 4.39 Å². The highest BCUT2D eigenvalue weighted by molar-refractivity contribution is 5.93. The van der Waals surface area contributed by atoms with Crippen molar-refractivity contribution in [1.29, 1.82) is 0 Å². The molecule has 1 fully saturated rings. The molecule has 2 N–H and O–H groups in total. The number of amides is 1. The number of fused-ring (bicyclic) bond motifs is 1. The summed E-state index contributed by atoms with van der Waals surface area (Å²) in [5, 5.41) is 4.64. The SMILES string of the molecule is CC.CC1=CC(F)C=c2[nH]c(C(=O)NC3(c4ccccc4)CC3)cc2=C1. The molecule has 1 aromatic heterocycles. The largest absolute Gasteiger partial charge is 0.351 e. The number of aromatic amines is 1. The summed E-state index contributed by atoms with van der Waals surface area (Å²) in [6, 6.07) is 11.8. The van der Waals surface area contributed by atoms with Crippen LogP contribution in [0.4, 0.5) is 4.39 Å². The molecule has 2 aliphatic carbocycles. The lowest BCUT2D eigenvalue weighted by atomic mass is 10.0. The molecule has 1 amide bonds. The van der Waals surface area contributed by atoms with Crippen molar-refractivity contribution >= 4 is 18.1 Å². The van der Waals surface area contributed by atoms with E-state index in [4.69, 9.17) is 0 Å². The van der Waals surface area contributed by atoms with Gasteiger partial charge < -0.3 is 10.3 Å². The number of carbonyl (C=O) groups is 1. The maximum Gasteiger partial charge on any atom is 0.268 e. The number of halogens is 1. The number of hydrogen-bond donors (Lipinski definition) is 2. The van der Waals surface area contributed by atoms with Crippen LogP contribution in [-0.4, -0.2) is 17.1 Å². The van der Waals surface area contributed by atoms with E-state index in [2.05, 4.69) is 10.3 Å². The van der Waals surface area contributed by atoms with Gasteiger partial charge in [0.2, 0.25) is 0 Å².